The molecule has 10 atom stereocenters. The Hall–Kier alpha value is -1.50. The Bertz CT molecular complexity index is 792. The van der Waals surface area contributed by atoms with Crippen molar-refractivity contribution in [3.63, 3.8) is 0 Å². The zero-order chi connectivity index (χ0) is 22.7. The Morgan fingerprint density at radius 1 is 0.645 bits per heavy atom. The molecule has 170 valence electrons. The van der Waals surface area contributed by atoms with Crippen LogP contribution in [0.4, 0.5) is 0 Å². The normalized spacial score (nSPS) is 40.4. The van der Waals surface area contributed by atoms with Crippen molar-refractivity contribution in [3.8, 4) is 23.7 Å². The van der Waals surface area contributed by atoms with Gasteiger partial charge in [-0.2, -0.15) is 0 Å². The van der Waals surface area contributed by atoms with E-state index < -0.39 is 60.3 Å². The van der Waals surface area contributed by atoms with Crippen molar-refractivity contribution >= 4 is 11.3 Å². The number of thiophene rings is 1. The second kappa shape index (κ2) is 10.4. The van der Waals surface area contributed by atoms with Crippen molar-refractivity contribution in [1.29, 1.82) is 0 Å². The van der Waals surface area contributed by atoms with Crippen LogP contribution in [0.15, 0.2) is 12.1 Å². The van der Waals surface area contributed by atoms with E-state index in [1.54, 1.807) is 12.1 Å². The van der Waals surface area contributed by atoms with E-state index in [-0.39, 0.29) is 26.1 Å². The van der Waals surface area contributed by atoms with E-state index in [1.807, 2.05) is 0 Å². The predicted molar refractivity (Wildman–Crippen MR) is 111 cm³/mol. The van der Waals surface area contributed by atoms with E-state index in [1.165, 1.54) is 11.3 Å². The van der Waals surface area contributed by atoms with E-state index in [2.05, 4.69) is 23.7 Å². The van der Waals surface area contributed by atoms with Crippen LogP contribution in [0.25, 0.3) is 0 Å². The van der Waals surface area contributed by atoms with Gasteiger partial charge in [-0.15, -0.1) is 11.3 Å². The number of aliphatic hydroxyl groups is 8. The molecule has 0 saturated heterocycles. The number of hydrogen-bond donors (Lipinski definition) is 8. The minimum atomic E-state index is -1.37. The molecule has 3 rings (SSSR count). The molecule has 8 nitrogen and oxygen atoms in total. The first kappa shape index (κ1) is 24.1. The van der Waals surface area contributed by atoms with Crippen LogP contribution in [0.1, 0.15) is 22.6 Å². The Morgan fingerprint density at radius 3 is 1.39 bits per heavy atom. The Labute approximate surface area is 184 Å². The molecule has 2 saturated carbocycles. The molecule has 0 aliphatic heterocycles. The van der Waals surface area contributed by atoms with Crippen LogP contribution in [-0.4, -0.2) is 90.7 Å². The van der Waals surface area contributed by atoms with Crippen LogP contribution < -0.4 is 0 Å². The predicted octanol–water partition coefficient (Wildman–Crippen LogP) is -2.13. The molecule has 9 heteroatoms. The minimum Gasteiger partial charge on any atom is -0.396 e. The first-order valence-corrected chi connectivity index (χ1v) is 11.0. The molecule has 0 radical (unpaired) electrons. The monoisotopic (exact) mass is 452 g/mol. The molecule has 0 bridgehead atoms. The second-order valence-electron chi connectivity index (χ2n) is 8.22. The Morgan fingerprint density at radius 2 is 1.03 bits per heavy atom. The highest BCUT2D eigenvalue weighted by Gasteiger charge is 2.42. The third-order valence-electron chi connectivity index (χ3n) is 6.14. The van der Waals surface area contributed by atoms with Gasteiger partial charge < -0.3 is 40.9 Å². The third-order valence-corrected chi connectivity index (χ3v) is 7.06. The molecule has 2 aliphatic carbocycles. The van der Waals surface area contributed by atoms with E-state index in [0.29, 0.717) is 9.75 Å². The van der Waals surface area contributed by atoms with Crippen LogP contribution in [-0.2, 0) is 0 Å². The molecule has 1 aromatic heterocycles. The molecule has 0 amide bonds. The summed E-state index contributed by atoms with van der Waals surface area (Å²) in [5, 5.41) is 78.6. The first-order chi connectivity index (χ1) is 14.8. The van der Waals surface area contributed by atoms with E-state index in [9.17, 15) is 40.9 Å². The molecular weight excluding hydrogens is 424 g/mol. The van der Waals surface area contributed by atoms with Crippen LogP contribution in [0, 0.1) is 47.4 Å². The standard InChI is InChI=1S/C22H28O8S/c23-9-13-7-11(17(25)21(29)19(13)27)1-3-15-5-6-16(31-15)4-2-12-8-14(10-24)20(28)22(30)18(12)26/h5-6,11-14,17-30H,7-10H2/t11-,12-,13+,14+,17+,18+,19+,20+,21+,22+/m0/s1. The van der Waals surface area contributed by atoms with Crippen LogP contribution in [0.3, 0.4) is 0 Å². The first-order valence-electron chi connectivity index (χ1n) is 10.2. The van der Waals surface area contributed by atoms with Gasteiger partial charge in [-0.05, 0) is 25.0 Å². The number of rotatable bonds is 2. The summed E-state index contributed by atoms with van der Waals surface area (Å²) in [6, 6.07) is 3.50. The quantitative estimate of drug-likeness (QED) is 0.236. The topological polar surface area (TPSA) is 162 Å². The number of aliphatic hydroxyl groups excluding tert-OH is 8. The van der Waals surface area contributed by atoms with Gasteiger partial charge in [-0.1, -0.05) is 23.7 Å². The Kier molecular flexibility index (Phi) is 8.11. The maximum atomic E-state index is 10.1. The van der Waals surface area contributed by atoms with Gasteiger partial charge in [-0.3, -0.25) is 0 Å². The zero-order valence-corrected chi connectivity index (χ0v) is 17.6. The van der Waals surface area contributed by atoms with E-state index >= 15 is 0 Å². The van der Waals surface area contributed by atoms with Gasteiger partial charge in [0, 0.05) is 36.9 Å². The average molecular weight is 453 g/mol. The summed E-state index contributed by atoms with van der Waals surface area (Å²) in [4.78, 5) is 1.34. The largest absolute Gasteiger partial charge is 0.396 e. The van der Waals surface area contributed by atoms with E-state index in [0.717, 1.165) is 0 Å². The van der Waals surface area contributed by atoms with Gasteiger partial charge in [-0.25, -0.2) is 0 Å². The van der Waals surface area contributed by atoms with Gasteiger partial charge in [0.2, 0.25) is 0 Å². The van der Waals surface area contributed by atoms with Gasteiger partial charge >= 0.3 is 0 Å². The average Bonchev–Trinajstić information content (AvgIpc) is 3.23. The molecule has 2 fully saturated rings. The maximum absolute atomic E-state index is 10.1. The summed E-state index contributed by atoms with van der Waals surface area (Å²) in [5.74, 6) is 9.38. The number of hydrogen-bond acceptors (Lipinski definition) is 9. The van der Waals surface area contributed by atoms with Crippen molar-refractivity contribution in [2.45, 2.75) is 49.5 Å². The van der Waals surface area contributed by atoms with Crippen molar-refractivity contribution in [2.24, 2.45) is 23.7 Å². The lowest BCUT2D eigenvalue weighted by atomic mass is 9.76. The van der Waals surface area contributed by atoms with Gasteiger partial charge in [0.05, 0.1) is 34.2 Å². The van der Waals surface area contributed by atoms with Crippen molar-refractivity contribution in [2.75, 3.05) is 13.2 Å². The third kappa shape index (κ3) is 5.29. The lowest BCUT2D eigenvalue weighted by molar-refractivity contribution is -0.131. The van der Waals surface area contributed by atoms with Gasteiger partial charge in [0.1, 0.15) is 12.2 Å². The smallest absolute Gasteiger partial charge is 0.107 e. The van der Waals surface area contributed by atoms with Crippen LogP contribution >= 0.6 is 11.3 Å². The van der Waals surface area contributed by atoms with Crippen LogP contribution in [0.2, 0.25) is 0 Å². The molecule has 0 unspecified atom stereocenters. The highest BCUT2D eigenvalue weighted by molar-refractivity contribution is 7.13. The van der Waals surface area contributed by atoms with Gasteiger partial charge in [0.25, 0.3) is 0 Å². The summed E-state index contributed by atoms with van der Waals surface area (Å²) < 4.78 is 0. The highest BCUT2D eigenvalue weighted by atomic mass is 32.1. The molecule has 8 N–H and O–H groups in total. The Balaban J connectivity index is 1.69. The van der Waals surface area contributed by atoms with Crippen molar-refractivity contribution < 1.29 is 40.9 Å². The lowest BCUT2D eigenvalue weighted by Crippen LogP contribution is -2.51. The minimum absolute atomic E-state index is 0.265. The molecule has 0 aromatic carbocycles. The van der Waals surface area contributed by atoms with Gasteiger partial charge in [0.15, 0.2) is 0 Å². The molecule has 1 heterocycles. The highest BCUT2D eigenvalue weighted by Crippen LogP contribution is 2.31. The fourth-order valence-corrected chi connectivity index (χ4v) is 4.83. The summed E-state index contributed by atoms with van der Waals surface area (Å²) in [6.45, 7) is -0.616. The summed E-state index contributed by atoms with van der Waals surface area (Å²) in [5.41, 5.74) is 0. The summed E-state index contributed by atoms with van der Waals surface area (Å²) in [6.07, 6.45) is -7.01. The molecule has 0 spiro atoms. The molecule has 31 heavy (non-hydrogen) atoms. The molecular formula is C22H28O8S. The van der Waals surface area contributed by atoms with Crippen LogP contribution in [0.5, 0.6) is 0 Å². The van der Waals surface area contributed by atoms with E-state index in [4.69, 9.17) is 0 Å². The summed E-state index contributed by atoms with van der Waals surface area (Å²) >= 11 is 1.30. The molecule has 2 aliphatic rings. The fourth-order valence-electron chi connectivity index (χ4n) is 4.10. The second-order valence-corrected chi connectivity index (χ2v) is 9.30. The SMILES string of the molecule is OC[C@H]1C[C@H](C#Cc2ccc(C#C[C@H]3C[C@H](CO)[C@@H](O)[C@H](O)[C@@H]3O)s2)[C@@H](O)[C@@H](O)[C@@H]1O. The van der Waals surface area contributed by atoms with Crippen molar-refractivity contribution in [1.82, 2.24) is 0 Å². The summed E-state index contributed by atoms with van der Waals surface area (Å²) in [7, 11) is 0. The lowest BCUT2D eigenvalue weighted by Gasteiger charge is -2.37. The fraction of sp³-hybridized carbons (Fsp3) is 0.636. The maximum Gasteiger partial charge on any atom is 0.107 e. The van der Waals surface area contributed by atoms with Crippen molar-refractivity contribution in [3.05, 3.63) is 21.9 Å². The zero-order valence-electron chi connectivity index (χ0n) is 16.7. The molecule has 1 aromatic rings.